The van der Waals surface area contributed by atoms with Crippen LogP contribution in [0.15, 0.2) is 0 Å². The van der Waals surface area contributed by atoms with Gasteiger partial charge in [-0.25, -0.2) is 13.2 Å². The molecule has 8 nitrogen and oxygen atoms in total. The second-order valence-electron chi connectivity index (χ2n) is 2.10. The van der Waals surface area contributed by atoms with Crippen molar-refractivity contribution < 1.29 is 27.5 Å². The van der Waals surface area contributed by atoms with E-state index in [9.17, 15) is 13.2 Å². The Morgan fingerprint density at radius 3 is 2.21 bits per heavy atom. The zero-order valence-electron chi connectivity index (χ0n) is 7.71. The molecule has 0 fully saturated rings. The average Bonchev–Trinajstić information content (AvgIpc) is 2.18. The minimum absolute atomic E-state index is 0.318. The topological polar surface area (TPSA) is 108 Å². The zero-order valence-corrected chi connectivity index (χ0v) is 8.60. The number of methoxy groups -OCH3 is 2. The van der Waals surface area contributed by atoms with Crippen molar-refractivity contribution in [3.8, 4) is 0 Å². The number of nitrogens with two attached hydrogens (primary N) is 1. The van der Waals surface area contributed by atoms with Crippen LogP contribution in [0.5, 0.6) is 0 Å². The molecule has 84 valence electrons. The minimum Gasteiger partial charge on any atom is -0.356 e. The second kappa shape index (κ2) is 6.54. The number of hydrogen-bond acceptors (Lipinski definition) is 7. The molecule has 0 aliphatic rings. The Kier molecular flexibility index (Phi) is 6.12. The van der Waals surface area contributed by atoms with Gasteiger partial charge in [0.1, 0.15) is 0 Å². The maximum Gasteiger partial charge on any atom is 0.442 e. The van der Waals surface area contributed by atoms with Crippen LogP contribution in [-0.4, -0.2) is 45.9 Å². The Hall–Kier alpha value is -0.900. The van der Waals surface area contributed by atoms with E-state index in [1.165, 1.54) is 14.2 Å². The van der Waals surface area contributed by atoms with Crippen LogP contribution in [0, 0.1) is 0 Å². The summed E-state index contributed by atoms with van der Waals surface area (Å²) in [6, 6.07) is 0. The fourth-order valence-corrected chi connectivity index (χ4v) is 1.10. The van der Waals surface area contributed by atoms with Gasteiger partial charge in [0, 0.05) is 14.2 Å². The van der Waals surface area contributed by atoms with Crippen molar-refractivity contribution in [1.29, 1.82) is 0 Å². The van der Waals surface area contributed by atoms with Gasteiger partial charge < -0.3 is 14.3 Å². The lowest BCUT2D eigenvalue weighted by Crippen LogP contribution is -2.39. The molecule has 0 aromatic carbocycles. The molecule has 14 heavy (non-hydrogen) atoms. The van der Waals surface area contributed by atoms with Crippen molar-refractivity contribution in [3.05, 3.63) is 0 Å². The summed E-state index contributed by atoms with van der Waals surface area (Å²) in [4.78, 5) is 14.6. The summed E-state index contributed by atoms with van der Waals surface area (Å²) in [5, 5.41) is 0. The Balaban J connectivity index is 4.44. The van der Waals surface area contributed by atoms with Crippen LogP contribution < -0.4 is 5.90 Å². The van der Waals surface area contributed by atoms with E-state index in [0.29, 0.717) is 4.31 Å². The lowest BCUT2D eigenvalue weighted by Gasteiger charge is -2.18. The Morgan fingerprint density at radius 2 is 1.93 bits per heavy atom. The number of carbonyl (C=O) groups excluding carboxylic acids is 1. The maximum absolute atomic E-state index is 10.8. The Morgan fingerprint density at radius 1 is 1.43 bits per heavy atom. The van der Waals surface area contributed by atoms with E-state index >= 15 is 0 Å². The van der Waals surface area contributed by atoms with Crippen LogP contribution >= 0.6 is 0 Å². The highest BCUT2D eigenvalue weighted by Gasteiger charge is 2.21. The molecule has 2 N–H and O–H groups in total. The Bertz CT molecular complexity index is 243. The molecular weight excluding hydrogens is 216 g/mol. The van der Waals surface area contributed by atoms with E-state index in [-0.39, 0.29) is 6.54 Å². The Labute approximate surface area is 82.5 Å². The molecule has 0 unspecified atom stereocenters. The summed E-state index contributed by atoms with van der Waals surface area (Å²) in [6.07, 6.45) is -2.05. The summed E-state index contributed by atoms with van der Waals surface area (Å²) in [5.74, 6) is 4.53. The van der Waals surface area contributed by atoms with E-state index in [4.69, 9.17) is 9.47 Å². The molecule has 0 rings (SSSR count). The molecule has 0 spiro atoms. The van der Waals surface area contributed by atoms with Crippen molar-refractivity contribution >= 4 is 17.0 Å². The van der Waals surface area contributed by atoms with Crippen molar-refractivity contribution in [3.63, 3.8) is 0 Å². The van der Waals surface area contributed by atoms with Crippen LogP contribution in [0.25, 0.3) is 0 Å². The first kappa shape index (κ1) is 13.1. The van der Waals surface area contributed by atoms with Gasteiger partial charge in [-0.1, -0.05) is 0 Å². The number of ether oxygens (including phenoxy) is 2. The van der Waals surface area contributed by atoms with E-state index in [2.05, 4.69) is 10.7 Å². The first-order valence-electron chi connectivity index (χ1n) is 3.45. The smallest absolute Gasteiger partial charge is 0.356 e. The van der Waals surface area contributed by atoms with Crippen LogP contribution in [-0.2, 0) is 25.2 Å². The summed E-state index contributed by atoms with van der Waals surface area (Å²) in [6.45, 7) is -0.318. The van der Waals surface area contributed by atoms with Gasteiger partial charge in [-0.05, 0) is 0 Å². The first-order chi connectivity index (χ1) is 6.56. The third-order valence-corrected chi connectivity index (χ3v) is 2.08. The van der Waals surface area contributed by atoms with Crippen LogP contribution in [0.3, 0.4) is 0 Å². The van der Waals surface area contributed by atoms with Gasteiger partial charge in [0.05, 0.1) is 6.54 Å². The van der Waals surface area contributed by atoms with Crippen LogP contribution in [0.2, 0.25) is 0 Å². The summed E-state index contributed by atoms with van der Waals surface area (Å²) in [5.41, 5.74) is 0. The van der Waals surface area contributed by atoms with Gasteiger partial charge in [0.2, 0.25) is 10.9 Å². The largest absolute Gasteiger partial charge is 0.442 e. The molecule has 0 bridgehead atoms. The molecule has 0 aromatic rings. The summed E-state index contributed by atoms with van der Waals surface area (Å²) in [7, 11) is -0.527. The molecule has 0 radical (unpaired) electrons. The van der Waals surface area contributed by atoms with Crippen molar-refractivity contribution in [1.82, 2.24) is 4.31 Å². The third-order valence-electron chi connectivity index (χ3n) is 1.36. The van der Waals surface area contributed by atoms with Gasteiger partial charge in [0.15, 0.2) is 6.29 Å². The van der Waals surface area contributed by atoms with Crippen LogP contribution in [0.4, 0.5) is 4.79 Å². The predicted molar refractivity (Wildman–Crippen MR) is 45.5 cm³/mol. The molecular formula is C5H12N2O6S. The lowest BCUT2D eigenvalue weighted by atomic mass is 10.6. The monoisotopic (exact) mass is 228 g/mol. The quantitative estimate of drug-likeness (QED) is 0.333. The molecule has 9 heteroatoms. The molecule has 0 aromatic heterocycles. The average molecular weight is 228 g/mol. The number of hydrogen-bond donors (Lipinski definition) is 2. The van der Waals surface area contributed by atoms with Gasteiger partial charge in [-0.2, -0.15) is 10.2 Å². The van der Waals surface area contributed by atoms with E-state index in [0.717, 1.165) is 0 Å². The normalized spacial score (nSPS) is 10.6. The summed E-state index contributed by atoms with van der Waals surface area (Å²) >= 11 is 0. The predicted octanol–water partition coefficient (Wildman–Crippen LogP) is -1.56. The fraction of sp³-hybridized carbons (Fsp3) is 0.800. The van der Waals surface area contributed by atoms with Crippen molar-refractivity contribution in [2.45, 2.75) is 6.29 Å². The number of thiol groups is 1. The van der Waals surface area contributed by atoms with Gasteiger partial charge in [-0.15, -0.1) is 0 Å². The highest BCUT2D eigenvalue weighted by molar-refractivity contribution is 7.70. The molecule has 1 amide bonds. The summed E-state index contributed by atoms with van der Waals surface area (Å²) < 4.78 is 30.9. The van der Waals surface area contributed by atoms with Gasteiger partial charge in [0.25, 0.3) is 0 Å². The molecule has 0 heterocycles. The number of carbonyl (C=O) groups is 1. The van der Waals surface area contributed by atoms with Crippen LogP contribution in [0.1, 0.15) is 0 Å². The molecule has 0 atom stereocenters. The first-order valence-corrected chi connectivity index (χ1v) is 4.58. The molecule has 0 aliphatic carbocycles. The molecule has 0 aliphatic heterocycles. The van der Waals surface area contributed by atoms with Crippen molar-refractivity contribution in [2.24, 2.45) is 5.90 Å². The molecule has 0 saturated carbocycles. The third kappa shape index (κ3) is 3.87. The number of nitrogens with zero attached hydrogens (tertiary/aromatic N) is 1. The fourth-order valence-electron chi connectivity index (χ4n) is 0.655. The van der Waals surface area contributed by atoms with E-state index < -0.39 is 23.3 Å². The van der Waals surface area contributed by atoms with E-state index in [1.807, 2.05) is 0 Å². The van der Waals surface area contributed by atoms with E-state index in [1.54, 1.807) is 0 Å². The second-order valence-corrected chi connectivity index (χ2v) is 3.06. The van der Waals surface area contributed by atoms with Gasteiger partial charge in [-0.3, -0.25) is 0 Å². The maximum atomic E-state index is 10.8. The highest BCUT2D eigenvalue weighted by Crippen LogP contribution is 1.99. The SMILES string of the molecule is COC(CN(C(=O)ON)[SH](=O)=O)OC. The molecule has 0 saturated heterocycles. The standard InChI is InChI=1S/C5H12N2O6S/c1-11-4(12-2)3-7(14(9)10)5(8)13-6/h4,14H,3,6H2,1-2H3. The van der Waals surface area contributed by atoms with Crippen molar-refractivity contribution in [2.75, 3.05) is 20.8 Å². The number of amides is 1. The number of rotatable bonds is 5. The lowest BCUT2D eigenvalue weighted by molar-refractivity contribution is -0.106. The van der Waals surface area contributed by atoms with Gasteiger partial charge >= 0.3 is 6.09 Å². The highest BCUT2D eigenvalue weighted by atomic mass is 32.2. The zero-order chi connectivity index (χ0) is 11.1. The minimum atomic E-state index is -3.13.